The van der Waals surface area contributed by atoms with Crippen LogP contribution in [-0.2, 0) is 4.79 Å². The summed E-state index contributed by atoms with van der Waals surface area (Å²) in [4.78, 5) is 11.7. The van der Waals surface area contributed by atoms with Gasteiger partial charge in [-0.25, -0.2) is 0 Å². The van der Waals surface area contributed by atoms with E-state index in [4.69, 9.17) is 5.73 Å². The standard InChI is InChI=1S/C15H22N2O/c1-11-3-2-4-12(9-11)13(10-16)5-8-15(18)17-14-6-7-14/h2-4,9,13-14H,5-8,10,16H2,1H3,(H,17,18). The third-order valence-electron chi connectivity index (χ3n) is 3.46. The van der Waals surface area contributed by atoms with Crippen LogP contribution in [0.15, 0.2) is 24.3 Å². The zero-order chi connectivity index (χ0) is 13.0. The van der Waals surface area contributed by atoms with Gasteiger partial charge in [0.15, 0.2) is 0 Å². The zero-order valence-electron chi connectivity index (χ0n) is 11.0. The molecule has 98 valence electrons. The van der Waals surface area contributed by atoms with Gasteiger partial charge in [-0.2, -0.15) is 0 Å². The lowest BCUT2D eigenvalue weighted by Gasteiger charge is -2.15. The molecule has 3 N–H and O–H groups in total. The molecule has 0 bridgehead atoms. The van der Waals surface area contributed by atoms with Gasteiger partial charge in [0.25, 0.3) is 0 Å². The Morgan fingerprint density at radius 3 is 2.89 bits per heavy atom. The Balaban J connectivity index is 1.86. The van der Waals surface area contributed by atoms with Gasteiger partial charge in [-0.15, -0.1) is 0 Å². The minimum atomic E-state index is 0.170. The molecule has 0 aromatic heterocycles. The molecule has 1 aromatic carbocycles. The van der Waals surface area contributed by atoms with Crippen molar-refractivity contribution in [1.29, 1.82) is 0 Å². The number of nitrogens with two attached hydrogens (primary N) is 1. The van der Waals surface area contributed by atoms with Crippen LogP contribution >= 0.6 is 0 Å². The van der Waals surface area contributed by atoms with E-state index in [0.29, 0.717) is 19.0 Å². The second-order valence-corrected chi connectivity index (χ2v) is 5.23. The Bertz CT molecular complexity index is 413. The molecule has 0 saturated heterocycles. The molecule has 1 amide bonds. The molecule has 1 unspecified atom stereocenters. The molecule has 0 aliphatic heterocycles. The van der Waals surface area contributed by atoms with Gasteiger partial charge in [0.05, 0.1) is 0 Å². The molecule has 1 aromatic rings. The van der Waals surface area contributed by atoms with Gasteiger partial charge in [0, 0.05) is 12.5 Å². The Kier molecular flexibility index (Phi) is 4.37. The number of carbonyl (C=O) groups excluding carboxylic acids is 1. The van der Waals surface area contributed by atoms with Crippen LogP contribution in [-0.4, -0.2) is 18.5 Å². The second kappa shape index (κ2) is 6.01. The van der Waals surface area contributed by atoms with Crippen LogP contribution in [0.3, 0.4) is 0 Å². The highest BCUT2D eigenvalue weighted by atomic mass is 16.1. The van der Waals surface area contributed by atoms with E-state index < -0.39 is 0 Å². The number of hydrogen-bond acceptors (Lipinski definition) is 2. The third-order valence-corrected chi connectivity index (χ3v) is 3.46. The van der Waals surface area contributed by atoms with Crippen LogP contribution in [0.4, 0.5) is 0 Å². The van der Waals surface area contributed by atoms with Gasteiger partial charge in [-0.3, -0.25) is 4.79 Å². The van der Waals surface area contributed by atoms with Crippen LogP contribution in [0, 0.1) is 6.92 Å². The number of amides is 1. The van der Waals surface area contributed by atoms with Gasteiger partial charge in [0.1, 0.15) is 0 Å². The van der Waals surface area contributed by atoms with Crippen molar-refractivity contribution in [2.24, 2.45) is 5.73 Å². The van der Waals surface area contributed by atoms with Crippen LogP contribution in [0.2, 0.25) is 0 Å². The third kappa shape index (κ3) is 3.84. The highest BCUT2D eigenvalue weighted by Gasteiger charge is 2.23. The fraction of sp³-hybridized carbons (Fsp3) is 0.533. The summed E-state index contributed by atoms with van der Waals surface area (Å²) in [5, 5.41) is 3.02. The van der Waals surface area contributed by atoms with Gasteiger partial charge in [-0.05, 0) is 44.2 Å². The van der Waals surface area contributed by atoms with Crippen molar-refractivity contribution in [3.63, 3.8) is 0 Å². The number of benzene rings is 1. The van der Waals surface area contributed by atoms with E-state index in [2.05, 4.69) is 36.5 Å². The highest BCUT2D eigenvalue weighted by molar-refractivity contribution is 5.76. The summed E-state index contributed by atoms with van der Waals surface area (Å²) in [6.45, 7) is 2.68. The maximum Gasteiger partial charge on any atom is 0.220 e. The van der Waals surface area contributed by atoms with Crippen molar-refractivity contribution in [2.75, 3.05) is 6.54 Å². The van der Waals surface area contributed by atoms with Crippen molar-refractivity contribution < 1.29 is 4.79 Å². The highest BCUT2D eigenvalue weighted by Crippen LogP contribution is 2.22. The van der Waals surface area contributed by atoms with E-state index in [1.807, 2.05) is 0 Å². The number of aryl methyl sites for hydroxylation is 1. The first-order valence-electron chi connectivity index (χ1n) is 6.75. The average Bonchev–Trinajstić information content (AvgIpc) is 3.14. The zero-order valence-corrected chi connectivity index (χ0v) is 11.0. The minimum absolute atomic E-state index is 0.170. The molecule has 1 aliphatic carbocycles. The van der Waals surface area contributed by atoms with E-state index >= 15 is 0 Å². The van der Waals surface area contributed by atoms with Crippen LogP contribution in [0.25, 0.3) is 0 Å². The molecular weight excluding hydrogens is 224 g/mol. The van der Waals surface area contributed by atoms with Gasteiger partial charge >= 0.3 is 0 Å². The fourth-order valence-electron chi connectivity index (χ4n) is 2.18. The molecule has 0 radical (unpaired) electrons. The summed E-state index contributed by atoms with van der Waals surface area (Å²) in [6, 6.07) is 8.85. The van der Waals surface area contributed by atoms with E-state index in [1.54, 1.807) is 0 Å². The lowest BCUT2D eigenvalue weighted by Crippen LogP contribution is -2.26. The van der Waals surface area contributed by atoms with Crippen molar-refractivity contribution in [2.45, 2.75) is 44.6 Å². The summed E-state index contributed by atoms with van der Waals surface area (Å²) >= 11 is 0. The first-order valence-corrected chi connectivity index (χ1v) is 6.75. The van der Waals surface area contributed by atoms with Gasteiger partial charge in [0.2, 0.25) is 5.91 Å². The van der Waals surface area contributed by atoms with E-state index in [1.165, 1.54) is 11.1 Å². The quantitative estimate of drug-likeness (QED) is 0.807. The first kappa shape index (κ1) is 13.1. The van der Waals surface area contributed by atoms with Crippen molar-refractivity contribution in [3.05, 3.63) is 35.4 Å². The molecule has 2 rings (SSSR count). The predicted octanol–water partition coefficient (Wildman–Crippen LogP) is 2.10. The minimum Gasteiger partial charge on any atom is -0.353 e. The Morgan fingerprint density at radius 1 is 1.50 bits per heavy atom. The summed E-state index contributed by atoms with van der Waals surface area (Å²) in [5.74, 6) is 0.457. The normalized spacial score (nSPS) is 16.3. The Hall–Kier alpha value is -1.35. The second-order valence-electron chi connectivity index (χ2n) is 5.23. The van der Waals surface area contributed by atoms with E-state index in [9.17, 15) is 4.79 Å². The first-order chi connectivity index (χ1) is 8.69. The van der Waals surface area contributed by atoms with E-state index in [-0.39, 0.29) is 11.8 Å². The summed E-state index contributed by atoms with van der Waals surface area (Å²) in [6.07, 6.45) is 3.69. The average molecular weight is 246 g/mol. The lowest BCUT2D eigenvalue weighted by molar-refractivity contribution is -0.121. The van der Waals surface area contributed by atoms with Crippen molar-refractivity contribution in [3.8, 4) is 0 Å². The summed E-state index contributed by atoms with van der Waals surface area (Å²) in [5.41, 5.74) is 8.31. The predicted molar refractivity (Wildman–Crippen MR) is 73.4 cm³/mol. The van der Waals surface area contributed by atoms with Crippen LogP contribution in [0.1, 0.15) is 42.7 Å². The topological polar surface area (TPSA) is 55.1 Å². The van der Waals surface area contributed by atoms with Gasteiger partial charge in [-0.1, -0.05) is 29.8 Å². The summed E-state index contributed by atoms with van der Waals surface area (Å²) < 4.78 is 0. The molecule has 3 nitrogen and oxygen atoms in total. The number of carbonyl (C=O) groups is 1. The molecule has 1 saturated carbocycles. The molecule has 1 fully saturated rings. The number of nitrogens with one attached hydrogen (secondary N) is 1. The monoisotopic (exact) mass is 246 g/mol. The van der Waals surface area contributed by atoms with Crippen LogP contribution in [0.5, 0.6) is 0 Å². The van der Waals surface area contributed by atoms with Crippen molar-refractivity contribution in [1.82, 2.24) is 5.32 Å². The Labute approximate surface area is 109 Å². The number of hydrogen-bond donors (Lipinski definition) is 2. The van der Waals surface area contributed by atoms with Crippen molar-refractivity contribution >= 4 is 5.91 Å². The largest absolute Gasteiger partial charge is 0.353 e. The van der Waals surface area contributed by atoms with Crippen LogP contribution < -0.4 is 11.1 Å². The lowest BCUT2D eigenvalue weighted by atomic mass is 9.93. The smallest absolute Gasteiger partial charge is 0.220 e. The SMILES string of the molecule is Cc1cccc(C(CN)CCC(=O)NC2CC2)c1. The number of rotatable bonds is 6. The molecule has 0 heterocycles. The molecule has 1 atom stereocenters. The van der Waals surface area contributed by atoms with Gasteiger partial charge < -0.3 is 11.1 Å². The summed E-state index contributed by atoms with van der Waals surface area (Å²) in [7, 11) is 0. The van der Waals surface area contributed by atoms with E-state index in [0.717, 1.165) is 19.3 Å². The fourth-order valence-corrected chi connectivity index (χ4v) is 2.18. The maximum absolute atomic E-state index is 11.7. The molecule has 18 heavy (non-hydrogen) atoms. The maximum atomic E-state index is 11.7. The molecular formula is C15H22N2O. The molecule has 3 heteroatoms. The molecule has 0 spiro atoms. The Morgan fingerprint density at radius 2 is 2.28 bits per heavy atom. The molecule has 1 aliphatic rings.